The molecule has 0 aromatic heterocycles. The van der Waals surface area contributed by atoms with Crippen LogP contribution in [0, 0.1) is 0 Å². The predicted octanol–water partition coefficient (Wildman–Crippen LogP) is 1.36. The summed E-state index contributed by atoms with van der Waals surface area (Å²) in [6.45, 7) is 0. The maximum Gasteiger partial charge on any atom is 0.125 e. The molecule has 0 saturated heterocycles. The second-order valence-corrected chi connectivity index (χ2v) is 2.10. The van der Waals surface area contributed by atoms with Gasteiger partial charge in [-0.05, 0) is 0 Å². The van der Waals surface area contributed by atoms with Crippen LogP contribution in [0.2, 0.25) is 0 Å². The van der Waals surface area contributed by atoms with Crippen LogP contribution < -0.4 is 0 Å². The molecule has 0 saturated carbocycles. The number of benzene rings is 1. The van der Waals surface area contributed by atoms with Gasteiger partial charge in [-0.15, -0.1) is 0 Å². The molecule has 0 N–H and O–H groups in total. The van der Waals surface area contributed by atoms with Crippen LogP contribution in [0.15, 0.2) is 30.3 Å². The van der Waals surface area contributed by atoms with E-state index < -0.39 is 0 Å². The fourth-order valence-corrected chi connectivity index (χ4v) is 0.886. The molecule has 0 atom stereocenters. The first kappa shape index (κ1) is 5.88. The molecule has 0 nitrogen and oxygen atoms in total. The quantitative estimate of drug-likeness (QED) is 0.488. The van der Waals surface area contributed by atoms with Crippen molar-refractivity contribution in [1.82, 2.24) is 0 Å². The Balaban J connectivity index is 2.83. The molecule has 8 heavy (non-hydrogen) atoms. The molecule has 0 aliphatic heterocycles. The lowest BCUT2D eigenvalue weighted by Gasteiger charge is -1.90. The molecule has 0 amide bonds. The smallest absolute Gasteiger partial charge is 0.0945 e. The average molecular weight is 118 g/mol. The second-order valence-electron chi connectivity index (χ2n) is 1.69. The van der Waals surface area contributed by atoms with E-state index in [2.05, 4.69) is 40.6 Å². The zero-order valence-corrected chi connectivity index (χ0v) is 5.83. The van der Waals surface area contributed by atoms with E-state index >= 15 is 0 Å². The third-order valence-corrected chi connectivity index (χ3v) is 1.55. The second kappa shape index (κ2) is 2.92. The van der Waals surface area contributed by atoms with E-state index in [0.29, 0.717) is 0 Å². The fraction of sp³-hybridized carbons (Fsp3) is 0.143. The molecule has 0 heterocycles. The Bertz CT molecular complexity index is 146. The van der Waals surface area contributed by atoms with Gasteiger partial charge >= 0.3 is 0 Å². The summed E-state index contributed by atoms with van der Waals surface area (Å²) >= 11 is 2.69. The van der Waals surface area contributed by atoms with Gasteiger partial charge in [0, 0.05) is 0 Å². The summed E-state index contributed by atoms with van der Waals surface area (Å²) in [5.41, 5.74) is 1.37. The van der Waals surface area contributed by atoms with Crippen LogP contribution in [0.1, 0.15) is 5.56 Å². The van der Waals surface area contributed by atoms with Gasteiger partial charge in [-0.3, -0.25) is 0 Å². The van der Waals surface area contributed by atoms with Crippen molar-refractivity contribution in [2.45, 2.75) is 5.28 Å². The highest BCUT2D eigenvalue weighted by atomic mass is 27.0. The summed E-state index contributed by atoms with van der Waals surface area (Å²) in [5.74, 6) is 0. The molecule has 1 aromatic carbocycles. The zero-order valence-electron chi connectivity index (χ0n) is 4.67. The molecule has 0 spiro atoms. The molecule has 1 rings (SSSR count). The highest BCUT2D eigenvalue weighted by Gasteiger charge is 1.79. The number of hydrogen-bond donors (Lipinski definition) is 0. The summed E-state index contributed by atoms with van der Waals surface area (Å²) in [4.78, 5) is 0. The number of rotatable bonds is 1. The van der Waals surface area contributed by atoms with E-state index in [0.717, 1.165) is 5.28 Å². The predicted molar refractivity (Wildman–Crippen MR) is 35.9 cm³/mol. The molecule has 2 radical (unpaired) electrons. The molecule has 1 heteroatoms. The first-order chi connectivity index (χ1) is 3.93. The lowest BCUT2D eigenvalue weighted by atomic mass is 10.2. The number of hydrogen-bond acceptors (Lipinski definition) is 0. The minimum Gasteiger partial charge on any atom is -0.0945 e. The van der Waals surface area contributed by atoms with E-state index in [4.69, 9.17) is 0 Å². The average Bonchev–Trinajstić information content (AvgIpc) is 1.90. The summed E-state index contributed by atoms with van der Waals surface area (Å²) in [6, 6.07) is 10.4. The minimum atomic E-state index is 1.06. The Kier molecular flexibility index (Phi) is 2.14. The lowest BCUT2D eigenvalue weighted by Crippen LogP contribution is -1.78. The van der Waals surface area contributed by atoms with Gasteiger partial charge in [0.1, 0.15) is 16.3 Å². The Morgan fingerprint density at radius 1 is 1.12 bits per heavy atom. The maximum absolute atomic E-state index is 2.69. The topological polar surface area (TPSA) is 0 Å². The van der Waals surface area contributed by atoms with Crippen LogP contribution in [-0.4, -0.2) is 16.3 Å². The van der Waals surface area contributed by atoms with Gasteiger partial charge in [0.25, 0.3) is 0 Å². The van der Waals surface area contributed by atoms with Crippen molar-refractivity contribution in [3.63, 3.8) is 0 Å². The monoisotopic (exact) mass is 118 g/mol. The Morgan fingerprint density at radius 3 is 2.12 bits per heavy atom. The van der Waals surface area contributed by atoms with Crippen LogP contribution >= 0.6 is 0 Å². The van der Waals surface area contributed by atoms with Gasteiger partial charge < -0.3 is 0 Å². The van der Waals surface area contributed by atoms with Crippen LogP contribution in [-0.2, 0) is 5.28 Å². The first-order valence-electron chi connectivity index (χ1n) is 2.67. The molecule has 0 unspecified atom stereocenters. The molecule has 0 bridgehead atoms. The molecule has 0 aliphatic rings. The Morgan fingerprint density at radius 2 is 1.75 bits per heavy atom. The largest absolute Gasteiger partial charge is 0.125 e. The van der Waals surface area contributed by atoms with Gasteiger partial charge in [0.2, 0.25) is 0 Å². The van der Waals surface area contributed by atoms with E-state index in [1.807, 2.05) is 6.07 Å². The molecule has 38 valence electrons. The van der Waals surface area contributed by atoms with Gasteiger partial charge in [-0.25, -0.2) is 0 Å². The van der Waals surface area contributed by atoms with Crippen molar-refractivity contribution >= 4 is 16.3 Å². The molecule has 1 aromatic rings. The Labute approximate surface area is 58.0 Å². The highest BCUT2D eigenvalue weighted by molar-refractivity contribution is 6.08. The van der Waals surface area contributed by atoms with Crippen molar-refractivity contribution in [1.29, 1.82) is 0 Å². The minimum absolute atomic E-state index is 1.06. The van der Waals surface area contributed by atoms with Crippen molar-refractivity contribution in [3.05, 3.63) is 35.9 Å². The van der Waals surface area contributed by atoms with Crippen molar-refractivity contribution in [2.24, 2.45) is 0 Å². The molecule has 0 fully saturated rings. The summed E-state index contributed by atoms with van der Waals surface area (Å²) < 4.78 is 0. The third kappa shape index (κ3) is 1.37. The lowest BCUT2D eigenvalue weighted by molar-refractivity contribution is 1.40. The van der Waals surface area contributed by atoms with Crippen molar-refractivity contribution in [2.75, 3.05) is 0 Å². The maximum atomic E-state index is 2.69. The first-order valence-corrected chi connectivity index (χ1v) is 3.49. The van der Waals surface area contributed by atoms with Gasteiger partial charge in [-0.1, -0.05) is 41.2 Å². The van der Waals surface area contributed by atoms with Crippen molar-refractivity contribution in [3.8, 4) is 0 Å². The summed E-state index contributed by atoms with van der Waals surface area (Å²) in [7, 11) is 0. The summed E-state index contributed by atoms with van der Waals surface area (Å²) in [6.07, 6.45) is 0. The van der Waals surface area contributed by atoms with Gasteiger partial charge in [0.15, 0.2) is 0 Å². The van der Waals surface area contributed by atoms with E-state index in [1.165, 1.54) is 5.56 Å². The van der Waals surface area contributed by atoms with E-state index in [-0.39, 0.29) is 0 Å². The third-order valence-electron chi connectivity index (χ3n) is 1.08. The SMILES string of the molecule is [Al][CH2]c1ccccc1. The van der Waals surface area contributed by atoms with E-state index in [9.17, 15) is 0 Å². The zero-order chi connectivity index (χ0) is 5.82. The standard InChI is InChI=1S/C7H7.Al/c1-7-5-3-2-4-6-7;/h2-6H,1H2;. The molecule has 0 aliphatic carbocycles. The van der Waals surface area contributed by atoms with Gasteiger partial charge in [0.05, 0.1) is 0 Å². The van der Waals surface area contributed by atoms with Crippen LogP contribution in [0.3, 0.4) is 0 Å². The highest BCUT2D eigenvalue weighted by Crippen LogP contribution is 1.95. The normalized spacial score (nSPS) is 9.00. The van der Waals surface area contributed by atoms with Crippen LogP contribution in [0.4, 0.5) is 0 Å². The van der Waals surface area contributed by atoms with Crippen LogP contribution in [0.5, 0.6) is 0 Å². The fourth-order valence-electron chi connectivity index (χ4n) is 0.614. The summed E-state index contributed by atoms with van der Waals surface area (Å²) in [5, 5.41) is 1.06. The van der Waals surface area contributed by atoms with E-state index in [1.54, 1.807) is 0 Å². The van der Waals surface area contributed by atoms with Crippen LogP contribution in [0.25, 0.3) is 0 Å². The van der Waals surface area contributed by atoms with Crippen molar-refractivity contribution < 1.29 is 0 Å². The van der Waals surface area contributed by atoms with Gasteiger partial charge in [-0.2, -0.15) is 0 Å². The molecular weight excluding hydrogens is 111 g/mol. The Hall–Kier alpha value is -0.248. The molecular formula is C7H7Al.